The van der Waals surface area contributed by atoms with Crippen molar-refractivity contribution in [3.05, 3.63) is 71.8 Å². The summed E-state index contributed by atoms with van der Waals surface area (Å²) >= 11 is 0. The highest BCUT2D eigenvalue weighted by molar-refractivity contribution is 5.83. The second-order valence-electron chi connectivity index (χ2n) is 8.68. The largest absolute Gasteiger partial charge is 0.390 e. The molecule has 4 heteroatoms. The third kappa shape index (κ3) is 7.92. The molecule has 0 aliphatic heterocycles. The molecule has 4 atom stereocenters. The molecule has 0 heterocycles. The molecule has 2 unspecified atom stereocenters. The van der Waals surface area contributed by atoms with Gasteiger partial charge in [-0.05, 0) is 43.2 Å². The lowest BCUT2D eigenvalue weighted by atomic mass is 9.94. The number of rotatable bonds is 12. The molecule has 0 aliphatic carbocycles. The van der Waals surface area contributed by atoms with Crippen molar-refractivity contribution in [2.45, 2.75) is 71.1 Å². The lowest BCUT2D eigenvalue weighted by Crippen LogP contribution is -2.50. The Labute approximate surface area is 182 Å². The minimum Gasteiger partial charge on any atom is -0.390 e. The van der Waals surface area contributed by atoms with Crippen LogP contribution in [0.2, 0.25) is 0 Å². The molecule has 0 radical (unpaired) electrons. The maximum atomic E-state index is 13.1. The highest BCUT2D eigenvalue weighted by Crippen LogP contribution is 2.20. The van der Waals surface area contributed by atoms with Gasteiger partial charge in [0.2, 0.25) is 5.91 Å². The Morgan fingerprint density at radius 1 is 0.967 bits per heavy atom. The fourth-order valence-electron chi connectivity index (χ4n) is 3.95. The zero-order chi connectivity index (χ0) is 21.9. The Morgan fingerprint density at radius 2 is 1.57 bits per heavy atom. The Balaban J connectivity index is 2.09. The average Bonchev–Trinajstić information content (AvgIpc) is 2.73. The predicted octanol–water partition coefficient (Wildman–Crippen LogP) is 4.29. The lowest BCUT2D eigenvalue weighted by Gasteiger charge is -2.28. The van der Waals surface area contributed by atoms with Gasteiger partial charge in [0.05, 0.1) is 18.1 Å². The third-order valence-corrected chi connectivity index (χ3v) is 5.52. The van der Waals surface area contributed by atoms with E-state index in [1.807, 2.05) is 67.6 Å². The molecule has 3 N–H and O–H groups in total. The molecule has 0 aliphatic rings. The summed E-state index contributed by atoms with van der Waals surface area (Å²) in [6.07, 6.45) is 1.69. The van der Waals surface area contributed by atoms with E-state index in [0.29, 0.717) is 31.3 Å². The summed E-state index contributed by atoms with van der Waals surface area (Å²) in [5.41, 5.74) is 2.11. The molecule has 0 bridgehead atoms. The van der Waals surface area contributed by atoms with Gasteiger partial charge in [-0.15, -0.1) is 0 Å². The summed E-state index contributed by atoms with van der Waals surface area (Å²) in [5.74, 6) is 0.351. The van der Waals surface area contributed by atoms with Crippen LogP contribution in [0.5, 0.6) is 0 Å². The van der Waals surface area contributed by atoms with Crippen molar-refractivity contribution in [1.82, 2.24) is 10.6 Å². The first-order valence-electron chi connectivity index (χ1n) is 11.2. The first kappa shape index (κ1) is 24.1. The van der Waals surface area contributed by atoms with Gasteiger partial charge in [0.15, 0.2) is 0 Å². The van der Waals surface area contributed by atoms with Crippen molar-refractivity contribution in [3.63, 3.8) is 0 Å². The van der Waals surface area contributed by atoms with Crippen LogP contribution in [-0.2, 0) is 11.2 Å². The average molecular weight is 411 g/mol. The topological polar surface area (TPSA) is 61.4 Å². The second kappa shape index (κ2) is 12.5. The van der Waals surface area contributed by atoms with Crippen LogP contribution in [0, 0.1) is 5.92 Å². The molecule has 0 fully saturated rings. The Bertz CT molecular complexity index is 733. The van der Waals surface area contributed by atoms with Gasteiger partial charge in [0, 0.05) is 12.6 Å². The summed E-state index contributed by atoms with van der Waals surface area (Å²) in [6, 6.07) is 19.9. The minimum atomic E-state index is -0.669. The second-order valence-corrected chi connectivity index (χ2v) is 8.68. The van der Waals surface area contributed by atoms with Crippen LogP contribution in [-0.4, -0.2) is 35.7 Å². The quantitative estimate of drug-likeness (QED) is 0.489. The summed E-state index contributed by atoms with van der Waals surface area (Å²) in [6.45, 7) is 9.01. The van der Waals surface area contributed by atoms with Gasteiger partial charge in [0.1, 0.15) is 0 Å². The van der Waals surface area contributed by atoms with E-state index < -0.39 is 6.10 Å². The summed E-state index contributed by atoms with van der Waals surface area (Å²) in [4.78, 5) is 13.1. The van der Waals surface area contributed by atoms with E-state index in [1.54, 1.807) is 0 Å². The van der Waals surface area contributed by atoms with E-state index in [4.69, 9.17) is 0 Å². The number of carbonyl (C=O) groups excluding carboxylic acids is 1. The van der Waals surface area contributed by atoms with Crippen LogP contribution < -0.4 is 10.6 Å². The molecule has 2 aromatic rings. The van der Waals surface area contributed by atoms with E-state index in [-0.39, 0.29) is 17.9 Å². The zero-order valence-electron chi connectivity index (χ0n) is 18.8. The fraction of sp³-hybridized carbons (Fsp3) is 0.500. The Hall–Kier alpha value is -2.17. The number of hydrogen-bond donors (Lipinski definition) is 3. The molecule has 2 rings (SSSR count). The maximum absolute atomic E-state index is 13.1. The van der Waals surface area contributed by atoms with E-state index >= 15 is 0 Å². The normalized spacial score (nSPS) is 15.4. The fourth-order valence-corrected chi connectivity index (χ4v) is 3.95. The van der Waals surface area contributed by atoms with E-state index in [1.165, 1.54) is 0 Å². The van der Waals surface area contributed by atoms with E-state index in [2.05, 4.69) is 31.4 Å². The van der Waals surface area contributed by atoms with Gasteiger partial charge < -0.3 is 15.7 Å². The van der Waals surface area contributed by atoms with Crippen LogP contribution in [0.25, 0.3) is 0 Å². The van der Waals surface area contributed by atoms with E-state index in [9.17, 15) is 9.90 Å². The van der Waals surface area contributed by atoms with Crippen molar-refractivity contribution in [3.8, 4) is 0 Å². The van der Waals surface area contributed by atoms with Crippen molar-refractivity contribution in [1.29, 1.82) is 0 Å². The smallest absolute Gasteiger partial charge is 0.227 e. The van der Waals surface area contributed by atoms with Gasteiger partial charge in [0.25, 0.3) is 0 Å². The lowest BCUT2D eigenvalue weighted by molar-refractivity contribution is -0.124. The highest BCUT2D eigenvalue weighted by atomic mass is 16.3. The van der Waals surface area contributed by atoms with Crippen molar-refractivity contribution in [2.24, 2.45) is 5.92 Å². The molecule has 2 aromatic carbocycles. The monoisotopic (exact) mass is 410 g/mol. The van der Waals surface area contributed by atoms with Crippen LogP contribution in [0.15, 0.2) is 60.7 Å². The van der Waals surface area contributed by atoms with Crippen molar-refractivity contribution in [2.75, 3.05) is 6.54 Å². The standard InChI is InChI=1S/C26H38N2O2/c1-5-23(22-14-10-7-11-15-22)26(30)28-24(17-21-12-8-6-9-13-21)25(29)18-27-20(4)16-19(2)3/h6-15,19-20,23-25,27,29H,5,16-18H2,1-4H3,(H,28,30)/t20?,23?,24-,25-/m0/s1. The maximum Gasteiger partial charge on any atom is 0.227 e. The predicted molar refractivity (Wildman–Crippen MR) is 124 cm³/mol. The molecule has 0 saturated carbocycles. The molecule has 164 valence electrons. The molecule has 0 spiro atoms. The minimum absolute atomic E-state index is 0.0288. The van der Waals surface area contributed by atoms with Crippen LogP contribution in [0.4, 0.5) is 0 Å². The number of benzene rings is 2. The Morgan fingerprint density at radius 3 is 2.13 bits per heavy atom. The number of hydrogen-bond acceptors (Lipinski definition) is 3. The molecule has 1 amide bonds. The number of carbonyl (C=O) groups is 1. The number of nitrogens with one attached hydrogen (secondary N) is 2. The molecule has 0 aromatic heterocycles. The molecule has 0 saturated heterocycles. The highest BCUT2D eigenvalue weighted by Gasteiger charge is 2.26. The van der Waals surface area contributed by atoms with Crippen molar-refractivity contribution < 1.29 is 9.90 Å². The van der Waals surface area contributed by atoms with E-state index in [0.717, 1.165) is 17.5 Å². The summed E-state index contributed by atoms with van der Waals surface area (Å²) in [5, 5.41) is 17.5. The van der Waals surface area contributed by atoms with Gasteiger partial charge in [-0.1, -0.05) is 81.4 Å². The Kier molecular flexibility index (Phi) is 10.0. The van der Waals surface area contributed by atoms with Crippen LogP contribution >= 0.6 is 0 Å². The summed E-state index contributed by atoms with van der Waals surface area (Å²) < 4.78 is 0. The van der Waals surface area contributed by atoms with Gasteiger partial charge in [-0.3, -0.25) is 4.79 Å². The molecular formula is C26H38N2O2. The number of aliphatic hydroxyl groups excluding tert-OH is 1. The molecule has 4 nitrogen and oxygen atoms in total. The molecular weight excluding hydrogens is 372 g/mol. The first-order valence-corrected chi connectivity index (χ1v) is 11.2. The first-order chi connectivity index (χ1) is 14.4. The third-order valence-electron chi connectivity index (χ3n) is 5.52. The number of aliphatic hydroxyl groups is 1. The number of amides is 1. The zero-order valence-corrected chi connectivity index (χ0v) is 18.8. The molecule has 30 heavy (non-hydrogen) atoms. The van der Waals surface area contributed by atoms with Gasteiger partial charge >= 0.3 is 0 Å². The van der Waals surface area contributed by atoms with Gasteiger partial charge in [-0.25, -0.2) is 0 Å². The van der Waals surface area contributed by atoms with Crippen molar-refractivity contribution >= 4 is 5.91 Å². The van der Waals surface area contributed by atoms with Crippen LogP contribution in [0.1, 0.15) is 57.6 Å². The van der Waals surface area contributed by atoms with Gasteiger partial charge in [-0.2, -0.15) is 0 Å². The summed E-state index contributed by atoms with van der Waals surface area (Å²) in [7, 11) is 0. The van der Waals surface area contributed by atoms with Crippen LogP contribution in [0.3, 0.4) is 0 Å². The SMILES string of the molecule is CCC(C(=O)N[C@@H](Cc1ccccc1)[C@@H](O)CNC(C)CC(C)C)c1ccccc1.